The molecule has 1 aromatic carbocycles. The van der Waals surface area contributed by atoms with Gasteiger partial charge in [-0.25, -0.2) is 0 Å². The molecule has 0 atom stereocenters. The van der Waals surface area contributed by atoms with Crippen molar-refractivity contribution >= 4 is 32.6 Å². The van der Waals surface area contributed by atoms with E-state index in [1.165, 1.54) is 6.26 Å². The number of fused-ring (bicyclic) bond motifs is 1. The zero-order valence-electron chi connectivity index (χ0n) is 11.5. The van der Waals surface area contributed by atoms with E-state index in [-0.39, 0.29) is 5.78 Å². The van der Waals surface area contributed by atoms with E-state index in [9.17, 15) is 4.79 Å². The molecule has 0 saturated carbocycles. The molecule has 0 aliphatic carbocycles. The quantitative estimate of drug-likeness (QED) is 0.689. The maximum Gasteiger partial charge on any atom is 0.199 e. The number of ether oxygens (including phenoxy) is 1. The summed E-state index contributed by atoms with van der Waals surface area (Å²) in [6.07, 6.45) is 4.15. The number of nitrogens with one attached hydrogen (secondary N) is 1. The molecule has 4 nitrogen and oxygen atoms in total. The molecule has 108 valence electrons. The molecule has 3 aromatic rings. The number of benzene rings is 1. The van der Waals surface area contributed by atoms with Crippen LogP contribution in [-0.4, -0.2) is 17.4 Å². The third-order valence-electron chi connectivity index (χ3n) is 3.23. The number of hydrogen-bond donors (Lipinski definition) is 1. The number of hydrogen-bond acceptors (Lipinski definition) is 3. The minimum Gasteiger partial charge on any atom is -0.494 e. The van der Waals surface area contributed by atoms with E-state index < -0.39 is 0 Å². The first-order valence-corrected chi connectivity index (χ1v) is 7.51. The van der Waals surface area contributed by atoms with Crippen LogP contribution >= 0.6 is 15.9 Å². The molecule has 0 bridgehead atoms. The van der Waals surface area contributed by atoms with Crippen LogP contribution in [0.4, 0.5) is 0 Å². The highest BCUT2D eigenvalue weighted by molar-refractivity contribution is 9.10. The molecule has 21 heavy (non-hydrogen) atoms. The zero-order valence-corrected chi connectivity index (χ0v) is 13.1. The number of aromatic amines is 1. The summed E-state index contributed by atoms with van der Waals surface area (Å²) in [7, 11) is 0. The minimum absolute atomic E-state index is 0.0884. The molecular formula is C16H14BrNO3. The molecule has 0 aliphatic heterocycles. The van der Waals surface area contributed by atoms with E-state index in [2.05, 4.69) is 27.8 Å². The standard InChI is InChI=1S/C16H14BrNO3/c1-2-6-20-10-3-4-14-12(8-10)13(9-18-14)15(19)11-5-7-21-16(11)17/h3-5,7-9,18H,2,6H2,1H3. The average Bonchev–Trinajstić information content (AvgIpc) is 3.10. The number of furan rings is 1. The fourth-order valence-electron chi connectivity index (χ4n) is 2.20. The molecular weight excluding hydrogens is 334 g/mol. The summed E-state index contributed by atoms with van der Waals surface area (Å²) in [5, 5.41) is 0.849. The second-order valence-corrected chi connectivity index (χ2v) is 5.42. The number of rotatable bonds is 5. The van der Waals surface area contributed by atoms with Crippen molar-refractivity contribution < 1.29 is 13.9 Å². The van der Waals surface area contributed by atoms with Gasteiger partial charge in [0.25, 0.3) is 0 Å². The van der Waals surface area contributed by atoms with Gasteiger partial charge in [0.2, 0.25) is 0 Å². The summed E-state index contributed by atoms with van der Waals surface area (Å²) in [6, 6.07) is 7.36. The number of ketones is 1. The molecule has 0 amide bonds. The molecule has 2 aromatic heterocycles. The van der Waals surface area contributed by atoms with Gasteiger partial charge < -0.3 is 14.1 Å². The second-order valence-electron chi connectivity index (χ2n) is 4.70. The molecule has 3 rings (SSSR count). The van der Waals surface area contributed by atoms with Crippen LogP contribution in [-0.2, 0) is 0 Å². The van der Waals surface area contributed by atoms with Gasteiger partial charge >= 0.3 is 0 Å². The topological polar surface area (TPSA) is 55.2 Å². The van der Waals surface area contributed by atoms with Crippen molar-refractivity contribution in [1.82, 2.24) is 4.98 Å². The third kappa shape index (κ3) is 2.61. The van der Waals surface area contributed by atoms with Gasteiger partial charge in [0, 0.05) is 22.7 Å². The van der Waals surface area contributed by atoms with Crippen LogP contribution in [0.25, 0.3) is 10.9 Å². The molecule has 0 saturated heterocycles. The predicted molar refractivity (Wildman–Crippen MR) is 83.9 cm³/mol. The normalized spacial score (nSPS) is 11.0. The maximum atomic E-state index is 12.6. The van der Waals surface area contributed by atoms with Gasteiger partial charge in [0.1, 0.15) is 5.75 Å². The Bertz CT molecular complexity index is 788. The van der Waals surface area contributed by atoms with Gasteiger partial charge in [-0.15, -0.1) is 0 Å². The lowest BCUT2D eigenvalue weighted by atomic mass is 10.1. The minimum atomic E-state index is -0.0884. The molecule has 0 spiro atoms. The Morgan fingerprint density at radius 2 is 2.19 bits per heavy atom. The van der Waals surface area contributed by atoms with Crippen LogP contribution in [0.3, 0.4) is 0 Å². The van der Waals surface area contributed by atoms with Crippen molar-refractivity contribution in [2.75, 3.05) is 6.61 Å². The predicted octanol–water partition coefficient (Wildman–Crippen LogP) is 4.54. The molecule has 1 N–H and O–H groups in total. The van der Waals surface area contributed by atoms with Gasteiger partial charge in [0.05, 0.1) is 18.4 Å². The first-order chi connectivity index (χ1) is 10.2. The van der Waals surface area contributed by atoms with Gasteiger partial charge in [-0.05, 0) is 46.6 Å². The SMILES string of the molecule is CCCOc1ccc2[nH]cc(C(=O)c3ccoc3Br)c2c1. The first-order valence-electron chi connectivity index (χ1n) is 6.72. The summed E-state index contributed by atoms with van der Waals surface area (Å²) in [4.78, 5) is 15.7. The van der Waals surface area contributed by atoms with Crippen LogP contribution in [0, 0.1) is 0 Å². The number of aromatic nitrogens is 1. The smallest absolute Gasteiger partial charge is 0.199 e. The zero-order chi connectivity index (χ0) is 14.8. The van der Waals surface area contributed by atoms with E-state index in [1.807, 2.05) is 18.2 Å². The molecule has 0 radical (unpaired) electrons. The first kappa shape index (κ1) is 13.9. The molecule has 0 fully saturated rings. The molecule has 5 heteroatoms. The van der Waals surface area contributed by atoms with Gasteiger partial charge in [-0.1, -0.05) is 6.92 Å². The summed E-state index contributed by atoms with van der Waals surface area (Å²) >= 11 is 3.24. The fourth-order valence-corrected chi connectivity index (χ4v) is 2.62. The number of halogens is 1. The van der Waals surface area contributed by atoms with Crippen molar-refractivity contribution in [1.29, 1.82) is 0 Å². The Hall–Kier alpha value is -2.01. The van der Waals surface area contributed by atoms with Crippen molar-refractivity contribution in [2.24, 2.45) is 0 Å². The van der Waals surface area contributed by atoms with E-state index in [4.69, 9.17) is 9.15 Å². The molecule has 2 heterocycles. The van der Waals surface area contributed by atoms with E-state index in [0.29, 0.717) is 22.4 Å². The second kappa shape index (κ2) is 5.77. The Kier molecular flexibility index (Phi) is 3.84. The monoisotopic (exact) mass is 347 g/mol. The number of carbonyl (C=O) groups is 1. The summed E-state index contributed by atoms with van der Waals surface area (Å²) in [5.41, 5.74) is 2.02. The largest absolute Gasteiger partial charge is 0.494 e. The Morgan fingerprint density at radius 1 is 1.33 bits per heavy atom. The van der Waals surface area contributed by atoms with Crippen molar-refractivity contribution in [3.8, 4) is 5.75 Å². The van der Waals surface area contributed by atoms with Crippen LogP contribution < -0.4 is 4.74 Å². The van der Waals surface area contributed by atoms with Gasteiger partial charge in [0.15, 0.2) is 10.5 Å². The Labute approximate surface area is 130 Å². The lowest BCUT2D eigenvalue weighted by Crippen LogP contribution is -1.99. The third-order valence-corrected chi connectivity index (χ3v) is 3.85. The van der Waals surface area contributed by atoms with Gasteiger partial charge in [-0.2, -0.15) is 0 Å². The van der Waals surface area contributed by atoms with Crippen LogP contribution in [0.1, 0.15) is 29.3 Å². The summed E-state index contributed by atoms with van der Waals surface area (Å²) in [5.74, 6) is 0.679. The highest BCUT2D eigenvalue weighted by atomic mass is 79.9. The highest BCUT2D eigenvalue weighted by Gasteiger charge is 2.18. The van der Waals surface area contributed by atoms with Gasteiger partial charge in [-0.3, -0.25) is 4.79 Å². The van der Waals surface area contributed by atoms with Crippen molar-refractivity contribution in [3.05, 3.63) is 52.5 Å². The summed E-state index contributed by atoms with van der Waals surface area (Å²) < 4.78 is 11.2. The van der Waals surface area contributed by atoms with Crippen LogP contribution in [0.15, 0.2) is 45.8 Å². The van der Waals surface area contributed by atoms with Crippen LogP contribution in [0.5, 0.6) is 5.75 Å². The summed E-state index contributed by atoms with van der Waals surface area (Å²) in [6.45, 7) is 2.71. The lowest BCUT2D eigenvalue weighted by Gasteiger charge is -2.05. The molecule has 0 aliphatic rings. The Morgan fingerprint density at radius 3 is 2.90 bits per heavy atom. The maximum absolute atomic E-state index is 12.6. The van der Waals surface area contributed by atoms with E-state index >= 15 is 0 Å². The number of carbonyl (C=O) groups excluding carboxylic acids is 1. The fraction of sp³-hybridized carbons (Fsp3) is 0.188. The van der Waals surface area contributed by atoms with E-state index in [0.717, 1.165) is 23.1 Å². The highest BCUT2D eigenvalue weighted by Crippen LogP contribution is 2.28. The van der Waals surface area contributed by atoms with Crippen molar-refractivity contribution in [3.63, 3.8) is 0 Å². The molecule has 0 unspecified atom stereocenters. The lowest BCUT2D eigenvalue weighted by molar-refractivity contribution is 0.103. The number of H-pyrrole nitrogens is 1. The van der Waals surface area contributed by atoms with E-state index in [1.54, 1.807) is 12.3 Å². The van der Waals surface area contributed by atoms with Crippen LogP contribution in [0.2, 0.25) is 0 Å². The van der Waals surface area contributed by atoms with Crippen molar-refractivity contribution in [2.45, 2.75) is 13.3 Å². The Balaban J connectivity index is 2.02. The average molecular weight is 348 g/mol.